The van der Waals surface area contributed by atoms with E-state index in [0.717, 1.165) is 50.8 Å². The van der Waals surface area contributed by atoms with Gasteiger partial charge in [-0.25, -0.2) is 4.98 Å². The van der Waals surface area contributed by atoms with Gasteiger partial charge in [-0.1, -0.05) is 18.2 Å². The third kappa shape index (κ3) is 5.43. The first kappa shape index (κ1) is 26.6. The number of benzene rings is 1. The van der Waals surface area contributed by atoms with Crippen LogP contribution < -0.4 is 10.6 Å². The molecule has 4 heterocycles. The number of carbonyl (C=O) groups is 1. The quantitative estimate of drug-likeness (QED) is 0.289. The zero-order valence-corrected chi connectivity index (χ0v) is 23.8. The zero-order chi connectivity index (χ0) is 27.7. The average molecular weight is 539 g/mol. The Morgan fingerprint density at radius 2 is 1.77 bits per heavy atom. The summed E-state index contributed by atoms with van der Waals surface area (Å²) < 4.78 is 2.19. The van der Waals surface area contributed by atoms with E-state index in [9.17, 15) is 4.79 Å². The molecule has 5 rings (SSSR count). The van der Waals surface area contributed by atoms with Crippen molar-refractivity contribution in [2.45, 2.75) is 53.1 Å². The van der Waals surface area contributed by atoms with E-state index in [1.807, 2.05) is 62.5 Å². The molecule has 0 aliphatic carbocycles. The van der Waals surface area contributed by atoms with Crippen molar-refractivity contribution in [2.24, 2.45) is 0 Å². The van der Waals surface area contributed by atoms with Gasteiger partial charge in [0.15, 0.2) is 5.11 Å². The summed E-state index contributed by atoms with van der Waals surface area (Å²) in [6.07, 6.45) is 3.95. The van der Waals surface area contributed by atoms with E-state index in [-0.39, 0.29) is 18.0 Å². The Morgan fingerprint density at radius 1 is 0.974 bits per heavy atom. The van der Waals surface area contributed by atoms with Crippen LogP contribution in [0.2, 0.25) is 0 Å². The number of hydrogen-bond donors (Lipinski definition) is 2. The maximum absolute atomic E-state index is 13.0. The van der Waals surface area contributed by atoms with Crippen molar-refractivity contribution >= 4 is 28.9 Å². The number of carbonyl (C=O) groups excluding carboxylic acids is 1. The van der Waals surface area contributed by atoms with Gasteiger partial charge in [-0.15, -0.1) is 0 Å². The Kier molecular flexibility index (Phi) is 7.48. The maximum Gasteiger partial charge on any atom is 0.226 e. The largest absolute Gasteiger partial charge is 0.352 e. The van der Waals surface area contributed by atoms with Gasteiger partial charge >= 0.3 is 0 Å². The van der Waals surface area contributed by atoms with Gasteiger partial charge in [0.05, 0.1) is 17.8 Å². The van der Waals surface area contributed by atoms with Gasteiger partial charge in [0, 0.05) is 42.4 Å². The molecule has 4 aromatic rings. The van der Waals surface area contributed by atoms with E-state index >= 15 is 0 Å². The van der Waals surface area contributed by atoms with Crippen LogP contribution in [0.1, 0.15) is 57.8 Å². The van der Waals surface area contributed by atoms with E-state index < -0.39 is 0 Å². The second-order valence-corrected chi connectivity index (χ2v) is 10.7. The summed E-state index contributed by atoms with van der Waals surface area (Å²) in [5, 5.41) is 7.21. The molecule has 0 radical (unpaired) electrons. The number of hydrogen-bond acceptors (Lipinski definition) is 4. The normalized spacial score (nSPS) is 16.8. The molecule has 1 fully saturated rings. The molecule has 1 saturated heterocycles. The van der Waals surface area contributed by atoms with Crippen LogP contribution in [0.5, 0.6) is 0 Å². The van der Waals surface area contributed by atoms with Crippen LogP contribution in [0.4, 0.5) is 5.69 Å². The van der Waals surface area contributed by atoms with E-state index in [0.29, 0.717) is 18.1 Å². The van der Waals surface area contributed by atoms with Crippen LogP contribution in [0.15, 0.2) is 67.0 Å². The molecule has 0 saturated carbocycles. The highest BCUT2D eigenvalue weighted by atomic mass is 32.1. The second-order valence-electron chi connectivity index (χ2n) is 10.3. The molecule has 0 unspecified atom stereocenters. The molecular formula is C31H34N6OS. The lowest BCUT2D eigenvalue weighted by molar-refractivity contribution is -0.116. The van der Waals surface area contributed by atoms with Crippen LogP contribution >= 0.6 is 12.2 Å². The standard InChI is InChI=1S/C31H34N6OS/c1-19-9-10-21(3)26(16-19)34-28(38)12-15-36-30(29(35-31(36)39)25-8-6-7-13-32-25)24-18-22(4)37(23(24)5)27-17-20(2)11-14-33-27/h6-11,13-14,16-18,29-30H,12,15H2,1-5H3,(H,34,38)(H,35,39)/t29-,30+/m0/s1. The van der Waals surface area contributed by atoms with E-state index in [1.54, 1.807) is 6.20 Å². The van der Waals surface area contributed by atoms with Crippen molar-refractivity contribution in [3.05, 3.63) is 106 Å². The van der Waals surface area contributed by atoms with E-state index in [4.69, 9.17) is 12.2 Å². The molecule has 3 aromatic heterocycles. The highest BCUT2D eigenvalue weighted by Gasteiger charge is 2.41. The van der Waals surface area contributed by atoms with Crippen LogP contribution in [-0.4, -0.2) is 37.0 Å². The molecule has 39 heavy (non-hydrogen) atoms. The van der Waals surface area contributed by atoms with Crippen LogP contribution in [0.3, 0.4) is 0 Å². The van der Waals surface area contributed by atoms with Crippen molar-refractivity contribution in [2.75, 3.05) is 11.9 Å². The van der Waals surface area contributed by atoms with Crippen molar-refractivity contribution in [3.8, 4) is 5.82 Å². The number of rotatable bonds is 7. The first-order valence-corrected chi connectivity index (χ1v) is 13.6. The molecule has 7 nitrogen and oxygen atoms in total. The van der Waals surface area contributed by atoms with Gasteiger partial charge in [0.1, 0.15) is 5.82 Å². The average Bonchev–Trinajstić information content (AvgIpc) is 3.39. The molecule has 8 heteroatoms. The maximum atomic E-state index is 13.0. The van der Waals surface area contributed by atoms with Crippen molar-refractivity contribution in [1.82, 2.24) is 24.8 Å². The molecule has 200 valence electrons. The lowest BCUT2D eigenvalue weighted by Crippen LogP contribution is -2.33. The van der Waals surface area contributed by atoms with Gasteiger partial charge in [0.2, 0.25) is 5.91 Å². The summed E-state index contributed by atoms with van der Waals surface area (Å²) in [6.45, 7) is 10.8. The molecule has 1 aromatic carbocycles. The third-order valence-electron chi connectivity index (χ3n) is 7.36. The smallest absolute Gasteiger partial charge is 0.226 e. The number of aromatic nitrogens is 3. The number of pyridine rings is 2. The predicted molar refractivity (Wildman–Crippen MR) is 159 cm³/mol. The molecule has 0 bridgehead atoms. The Hall–Kier alpha value is -4.04. The number of nitrogens with one attached hydrogen (secondary N) is 2. The van der Waals surface area contributed by atoms with Crippen LogP contribution in [0, 0.1) is 34.6 Å². The summed E-state index contributed by atoms with van der Waals surface area (Å²) in [7, 11) is 0. The first-order chi connectivity index (χ1) is 18.7. The highest BCUT2D eigenvalue weighted by Crippen LogP contribution is 2.41. The van der Waals surface area contributed by atoms with Gasteiger partial charge in [0.25, 0.3) is 0 Å². The van der Waals surface area contributed by atoms with Gasteiger partial charge < -0.3 is 20.1 Å². The summed E-state index contributed by atoms with van der Waals surface area (Å²) in [6, 6.07) is 18.0. The number of amides is 1. The second kappa shape index (κ2) is 11.0. The lowest BCUT2D eigenvalue weighted by Gasteiger charge is -2.28. The highest BCUT2D eigenvalue weighted by molar-refractivity contribution is 7.80. The van der Waals surface area contributed by atoms with Crippen molar-refractivity contribution < 1.29 is 4.79 Å². The van der Waals surface area contributed by atoms with Gasteiger partial charge in [-0.3, -0.25) is 9.78 Å². The molecule has 2 atom stereocenters. The Bertz CT molecular complexity index is 1530. The van der Waals surface area contributed by atoms with Crippen molar-refractivity contribution in [3.63, 3.8) is 0 Å². The predicted octanol–water partition coefficient (Wildman–Crippen LogP) is 5.81. The Morgan fingerprint density at radius 3 is 2.51 bits per heavy atom. The SMILES string of the molecule is Cc1ccnc(-n2c(C)cc([C@@H]3[C@H](c4ccccn4)NC(=S)N3CCC(=O)Nc3cc(C)ccc3C)c2C)c1. The molecule has 0 spiro atoms. The number of thiocarbonyl (C=S) groups is 1. The fraction of sp³-hybridized carbons (Fsp3) is 0.290. The van der Waals surface area contributed by atoms with E-state index in [2.05, 4.69) is 63.0 Å². The fourth-order valence-electron chi connectivity index (χ4n) is 5.37. The monoisotopic (exact) mass is 538 g/mol. The summed E-state index contributed by atoms with van der Waals surface area (Å²) in [4.78, 5) is 24.5. The molecular weight excluding hydrogens is 504 g/mol. The molecule has 1 amide bonds. The Labute approximate surface area is 235 Å². The number of aryl methyl sites for hydroxylation is 4. The Balaban J connectivity index is 1.47. The molecule has 1 aliphatic rings. The minimum absolute atomic E-state index is 0.0408. The first-order valence-electron chi connectivity index (χ1n) is 13.2. The minimum atomic E-state index is -0.153. The molecule has 2 N–H and O–H groups in total. The van der Waals surface area contributed by atoms with Gasteiger partial charge in [-0.2, -0.15) is 0 Å². The van der Waals surface area contributed by atoms with E-state index in [1.165, 1.54) is 0 Å². The summed E-state index contributed by atoms with van der Waals surface area (Å²) in [5.74, 6) is 0.847. The third-order valence-corrected chi connectivity index (χ3v) is 7.72. The lowest BCUT2D eigenvalue weighted by atomic mass is 9.96. The van der Waals surface area contributed by atoms with Crippen molar-refractivity contribution in [1.29, 1.82) is 0 Å². The van der Waals surface area contributed by atoms with Gasteiger partial charge in [-0.05, 0) is 105 Å². The zero-order valence-electron chi connectivity index (χ0n) is 23.0. The summed E-state index contributed by atoms with van der Waals surface area (Å²) in [5.41, 5.74) is 8.37. The molecule has 1 aliphatic heterocycles. The summed E-state index contributed by atoms with van der Waals surface area (Å²) >= 11 is 5.84. The fourth-order valence-corrected chi connectivity index (χ4v) is 5.70. The minimum Gasteiger partial charge on any atom is -0.352 e. The topological polar surface area (TPSA) is 75.1 Å². The number of anilines is 1. The number of nitrogens with zero attached hydrogens (tertiary/aromatic N) is 4. The van der Waals surface area contributed by atoms with Crippen LogP contribution in [-0.2, 0) is 4.79 Å². The van der Waals surface area contributed by atoms with Crippen LogP contribution in [0.25, 0.3) is 5.82 Å².